The fourth-order valence-corrected chi connectivity index (χ4v) is 1.90. The molecule has 118 valence electrons. The van der Waals surface area contributed by atoms with E-state index in [2.05, 4.69) is 20.0 Å². The molecule has 0 spiro atoms. The second kappa shape index (κ2) is 7.66. The second-order valence-corrected chi connectivity index (χ2v) is 5.41. The molecule has 0 atom stereocenters. The van der Waals surface area contributed by atoms with E-state index in [0.717, 1.165) is 17.2 Å². The minimum Gasteiger partial charge on any atom is -0.453 e. The van der Waals surface area contributed by atoms with Crippen LogP contribution in [0.2, 0.25) is 0 Å². The van der Waals surface area contributed by atoms with Crippen molar-refractivity contribution in [2.24, 2.45) is 5.92 Å². The molecule has 0 unspecified atom stereocenters. The molecule has 0 radical (unpaired) electrons. The number of hydrogen-bond acceptors (Lipinski definition) is 4. The maximum atomic E-state index is 12.2. The standard InChI is InChI=1S/C14H24N4O3/c1-9(2)7-18(13(19)6-15-14(20)21-5)8-12-16-10(3)11(4)17-12/h9H,6-8H2,1-5H3,(H,15,20)(H,16,17). The van der Waals surface area contributed by atoms with Crippen LogP contribution >= 0.6 is 0 Å². The van der Waals surface area contributed by atoms with Crippen LogP contribution in [0.25, 0.3) is 0 Å². The Balaban J connectivity index is 2.70. The summed E-state index contributed by atoms with van der Waals surface area (Å²) in [7, 11) is 1.26. The minimum absolute atomic E-state index is 0.0853. The molecule has 2 N–H and O–H groups in total. The summed E-state index contributed by atoms with van der Waals surface area (Å²) in [5.74, 6) is 0.905. The van der Waals surface area contributed by atoms with Crippen LogP contribution in [-0.4, -0.2) is 47.1 Å². The Morgan fingerprint density at radius 3 is 2.52 bits per heavy atom. The van der Waals surface area contributed by atoms with Gasteiger partial charge in [-0.05, 0) is 19.8 Å². The van der Waals surface area contributed by atoms with E-state index in [4.69, 9.17) is 0 Å². The number of hydrogen-bond donors (Lipinski definition) is 2. The van der Waals surface area contributed by atoms with E-state index in [0.29, 0.717) is 19.0 Å². The highest BCUT2D eigenvalue weighted by Gasteiger charge is 2.18. The molecule has 7 heteroatoms. The number of aromatic nitrogens is 2. The molecule has 0 aliphatic heterocycles. The van der Waals surface area contributed by atoms with Gasteiger partial charge in [-0.3, -0.25) is 4.79 Å². The number of imidazole rings is 1. The van der Waals surface area contributed by atoms with Crippen LogP contribution in [0.1, 0.15) is 31.1 Å². The number of alkyl carbamates (subject to hydrolysis) is 1. The molecular formula is C14H24N4O3. The van der Waals surface area contributed by atoms with Gasteiger partial charge in [0.25, 0.3) is 0 Å². The lowest BCUT2D eigenvalue weighted by Gasteiger charge is -2.23. The molecule has 0 saturated carbocycles. The fraction of sp³-hybridized carbons (Fsp3) is 0.643. The number of aryl methyl sites for hydroxylation is 2. The van der Waals surface area contributed by atoms with Crippen molar-refractivity contribution in [1.82, 2.24) is 20.2 Å². The quantitative estimate of drug-likeness (QED) is 0.830. The number of amides is 2. The lowest BCUT2D eigenvalue weighted by atomic mass is 10.2. The molecule has 0 aliphatic carbocycles. The summed E-state index contributed by atoms with van der Waals surface area (Å²) in [6.07, 6.45) is -0.613. The van der Waals surface area contributed by atoms with Gasteiger partial charge < -0.3 is 19.9 Å². The van der Waals surface area contributed by atoms with Crippen LogP contribution in [0.3, 0.4) is 0 Å². The number of ether oxygens (including phenoxy) is 1. The fourth-order valence-electron chi connectivity index (χ4n) is 1.90. The van der Waals surface area contributed by atoms with E-state index < -0.39 is 6.09 Å². The molecular weight excluding hydrogens is 272 g/mol. The van der Waals surface area contributed by atoms with Crippen LogP contribution in [0.15, 0.2) is 0 Å². The number of carbonyl (C=O) groups excluding carboxylic acids is 2. The summed E-state index contributed by atoms with van der Waals surface area (Å²) in [5.41, 5.74) is 1.92. The number of carbonyl (C=O) groups is 2. The van der Waals surface area contributed by atoms with Gasteiger partial charge in [0.15, 0.2) is 0 Å². The molecule has 0 aromatic carbocycles. The predicted molar refractivity (Wildman–Crippen MR) is 78.7 cm³/mol. The van der Waals surface area contributed by atoms with Gasteiger partial charge in [-0.1, -0.05) is 13.8 Å². The molecule has 2 amide bonds. The van der Waals surface area contributed by atoms with Gasteiger partial charge in [-0.2, -0.15) is 0 Å². The monoisotopic (exact) mass is 296 g/mol. The van der Waals surface area contributed by atoms with Crippen LogP contribution in [0.5, 0.6) is 0 Å². The van der Waals surface area contributed by atoms with Crippen molar-refractivity contribution in [1.29, 1.82) is 0 Å². The summed E-state index contributed by atoms with van der Waals surface area (Å²) in [6.45, 7) is 8.84. The Morgan fingerprint density at radius 1 is 1.38 bits per heavy atom. The third-order valence-electron chi connectivity index (χ3n) is 3.03. The number of rotatable bonds is 6. The van der Waals surface area contributed by atoms with Crippen molar-refractivity contribution in [3.05, 3.63) is 17.2 Å². The number of nitrogens with one attached hydrogen (secondary N) is 2. The van der Waals surface area contributed by atoms with Crippen LogP contribution in [-0.2, 0) is 16.1 Å². The van der Waals surface area contributed by atoms with Crippen molar-refractivity contribution < 1.29 is 14.3 Å². The number of aromatic amines is 1. The normalized spacial score (nSPS) is 10.6. The van der Waals surface area contributed by atoms with Gasteiger partial charge in [0.05, 0.1) is 19.3 Å². The van der Waals surface area contributed by atoms with E-state index in [1.165, 1.54) is 7.11 Å². The highest BCUT2D eigenvalue weighted by Crippen LogP contribution is 2.08. The SMILES string of the molecule is COC(=O)NCC(=O)N(Cc1nc(C)c(C)[nH]1)CC(C)C. The van der Waals surface area contributed by atoms with E-state index in [1.807, 2.05) is 27.7 Å². The first-order valence-corrected chi connectivity index (χ1v) is 6.95. The zero-order chi connectivity index (χ0) is 16.0. The van der Waals surface area contributed by atoms with Crippen molar-refractivity contribution in [3.8, 4) is 0 Å². The van der Waals surface area contributed by atoms with Gasteiger partial charge in [-0.15, -0.1) is 0 Å². The van der Waals surface area contributed by atoms with Crippen molar-refractivity contribution in [3.63, 3.8) is 0 Å². The minimum atomic E-state index is -0.613. The van der Waals surface area contributed by atoms with Crippen LogP contribution in [0, 0.1) is 19.8 Å². The van der Waals surface area contributed by atoms with E-state index in [9.17, 15) is 9.59 Å². The number of methoxy groups -OCH3 is 1. The number of H-pyrrole nitrogens is 1. The number of nitrogens with zero attached hydrogens (tertiary/aromatic N) is 2. The van der Waals surface area contributed by atoms with E-state index >= 15 is 0 Å². The van der Waals surface area contributed by atoms with Crippen molar-refractivity contribution >= 4 is 12.0 Å². The summed E-state index contributed by atoms with van der Waals surface area (Å²) < 4.78 is 4.46. The molecule has 7 nitrogen and oxygen atoms in total. The summed E-state index contributed by atoms with van der Waals surface area (Å²) in [4.78, 5) is 32.5. The average molecular weight is 296 g/mol. The molecule has 0 saturated heterocycles. The zero-order valence-electron chi connectivity index (χ0n) is 13.3. The topological polar surface area (TPSA) is 87.3 Å². The molecule has 0 bridgehead atoms. The lowest BCUT2D eigenvalue weighted by Crippen LogP contribution is -2.41. The van der Waals surface area contributed by atoms with Gasteiger partial charge in [0.2, 0.25) is 5.91 Å². The largest absolute Gasteiger partial charge is 0.453 e. The van der Waals surface area contributed by atoms with Crippen LogP contribution < -0.4 is 5.32 Å². The smallest absolute Gasteiger partial charge is 0.407 e. The Hall–Kier alpha value is -2.05. The highest BCUT2D eigenvalue weighted by atomic mass is 16.5. The zero-order valence-corrected chi connectivity index (χ0v) is 13.3. The van der Waals surface area contributed by atoms with Crippen molar-refractivity contribution in [2.75, 3.05) is 20.2 Å². The first-order chi connectivity index (χ1) is 9.83. The van der Waals surface area contributed by atoms with E-state index in [-0.39, 0.29) is 12.5 Å². The predicted octanol–water partition coefficient (Wildman–Crippen LogP) is 1.37. The first kappa shape index (κ1) is 17.0. The molecule has 1 aromatic rings. The van der Waals surface area contributed by atoms with Gasteiger partial charge in [-0.25, -0.2) is 9.78 Å². The Morgan fingerprint density at radius 2 is 2.05 bits per heavy atom. The summed E-state index contributed by atoms with van der Waals surface area (Å²) in [5, 5.41) is 2.41. The second-order valence-electron chi connectivity index (χ2n) is 5.41. The molecule has 0 fully saturated rings. The lowest BCUT2D eigenvalue weighted by molar-refractivity contribution is -0.131. The molecule has 1 aromatic heterocycles. The Kier molecular flexibility index (Phi) is 6.20. The van der Waals surface area contributed by atoms with Gasteiger partial charge in [0.1, 0.15) is 12.4 Å². The molecule has 21 heavy (non-hydrogen) atoms. The maximum absolute atomic E-state index is 12.2. The van der Waals surface area contributed by atoms with Gasteiger partial charge >= 0.3 is 6.09 Å². The first-order valence-electron chi connectivity index (χ1n) is 6.95. The average Bonchev–Trinajstić information content (AvgIpc) is 2.73. The summed E-state index contributed by atoms with van der Waals surface area (Å²) >= 11 is 0. The maximum Gasteiger partial charge on any atom is 0.407 e. The van der Waals surface area contributed by atoms with E-state index in [1.54, 1.807) is 4.90 Å². The van der Waals surface area contributed by atoms with Gasteiger partial charge in [0, 0.05) is 12.2 Å². The molecule has 0 aliphatic rings. The van der Waals surface area contributed by atoms with Crippen LogP contribution in [0.4, 0.5) is 4.79 Å². The third kappa shape index (κ3) is 5.45. The summed E-state index contributed by atoms with van der Waals surface area (Å²) in [6, 6.07) is 0. The molecule has 1 rings (SSSR count). The molecule has 1 heterocycles. The Labute approximate surface area is 125 Å². The Bertz CT molecular complexity index is 477. The highest BCUT2D eigenvalue weighted by molar-refractivity contribution is 5.82. The third-order valence-corrected chi connectivity index (χ3v) is 3.03. The van der Waals surface area contributed by atoms with Crippen molar-refractivity contribution in [2.45, 2.75) is 34.2 Å².